The van der Waals surface area contributed by atoms with Gasteiger partial charge < -0.3 is 9.64 Å². The highest BCUT2D eigenvalue weighted by Gasteiger charge is 2.28. The molecule has 2 aliphatic heterocycles. The predicted molar refractivity (Wildman–Crippen MR) is 112 cm³/mol. The van der Waals surface area contributed by atoms with E-state index in [1.807, 2.05) is 18.0 Å². The molecule has 1 fully saturated rings. The Morgan fingerprint density at radius 3 is 3.04 bits per heavy atom. The van der Waals surface area contributed by atoms with E-state index in [1.165, 1.54) is 16.0 Å². The third-order valence-electron chi connectivity index (χ3n) is 5.68. The molecule has 0 aromatic carbocycles. The molecule has 2 aliphatic rings. The average Bonchev–Trinajstić information content (AvgIpc) is 3.01. The summed E-state index contributed by atoms with van der Waals surface area (Å²) in [5, 5.41) is 2.07. The standard InChI is InChI=1S/C22H29N3O2S/c1-3-17-5-6-18(23-11-17)13-24-9-7-19-20(15-28-21(19)14-24)22(26)25-8-4-10-27-16(2)12-25/h5-6,11,15-16H,3-4,7-10,12-14H2,1-2H3/t16-/m1/s1. The fraction of sp³-hybridized carbons (Fsp3) is 0.545. The van der Waals surface area contributed by atoms with Gasteiger partial charge >= 0.3 is 0 Å². The fourth-order valence-electron chi connectivity index (χ4n) is 4.03. The van der Waals surface area contributed by atoms with Crippen LogP contribution in [0.1, 0.15) is 52.3 Å². The first-order chi connectivity index (χ1) is 13.6. The third kappa shape index (κ3) is 4.29. The quantitative estimate of drug-likeness (QED) is 0.789. The number of hydrogen-bond acceptors (Lipinski definition) is 5. The topological polar surface area (TPSA) is 45.7 Å². The zero-order valence-electron chi connectivity index (χ0n) is 16.8. The fourth-order valence-corrected chi connectivity index (χ4v) is 5.15. The molecule has 0 aliphatic carbocycles. The van der Waals surface area contributed by atoms with Gasteiger partial charge in [0.1, 0.15) is 0 Å². The summed E-state index contributed by atoms with van der Waals surface area (Å²) in [7, 11) is 0. The molecule has 5 nitrogen and oxygen atoms in total. The first-order valence-electron chi connectivity index (χ1n) is 10.3. The van der Waals surface area contributed by atoms with Gasteiger partial charge in [-0.1, -0.05) is 13.0 Å². The smallest absolute Gasteiger partial charge is 0.255 e. The molecule has 2 aromatic rings. The summed E-state index contributed by atoms with van der Waals surface area (Å²) < 4.78 is 5.69. The van der Waals surface area contributed by atoms with Gasteiger partial charge in [0.15, 0.2) is 0 Å². The van der Waals surface area contributed by atoms with Crippen molar-refractivity contribution in [2.24, 2.45) is 0 Å². The lowest BCUT2D eigenvalue weighted by atomic mass is 10.0. The minimum Gasteiger partial charge on any atom is -0.377 e. The molecule has 0 radical (unpaired) electrons. The molecule has 4 heterocycles. The van der Waals surface area contributed by atoms with Crippen molar-refractivity contribution < 1.29 is 9.53 Å². The molecule has 0 bridgehead atoms. The van der Waals surface area contributed by atoms with Gasteiger partial charge in [-0.3, -0.25) is 14.7 Å². The molecular formula is C22H29N3O2S. The summed E-state index contributed by atoms with van der Waals surface area (Å²) in [4.78, 5) is 23.5. The molecule has 0 spiro atoms. The average molecular weight is 400 g/mol. The summed E-state index contributed by atoms with van der Waals surface area (Å²) >= 11 is 1.73. The highest BCUT2D eigenvalue weighted by atomic mass is 32.1. The lowest BCUT2D eigenvalue weighted by molar-refractivity contribution is 0.0562. The Morgan fingerprint density at radius 2 is 2.25 bits per heavy atom. The van der Waals surface area contributed by atoms with Crippen LogP contribution in [0.4, 0.5) is 0 Å². The first-order valence-corrected chi connectivity index (χ1v) is 11.2. The van der Waals surface area contributed by atoms with Crippen LogP contribution in [-0.4, -0.2) is 53.0 Å². The van der Waals surface area contributed by atoms with Gasteiger partial charge in [-0.2, -0.15) is 0 Å². The van der Waals surface area contributed by atoms with E-state index >= 15 is 0 Å². The Balaban J connectivity index is 1.43. The van der Waals surface area contributed by atoms with E-state index in [-0.39, 0.29) is 12.0 Å². The number of aromatic nitrogens is 1. The van der Waals surface area contributed by atoms with Crippen molar-refractivity contribution >= 4 is 17.2 Å². The molecule has 1 saturated heterocycles. The summed E-state index contributed by atoms with van der Waals surface area (Å²) in [6, 6.07) is 4.31. The number of aryl methyl sites for hydroxylation is 1. The zero-order valence-corrected chi connectivity index (χ0v) is 17.6. The van der Waals surface area contributed by atoms with Crippen LogP contribution < -0.4 is 0 Å². The summed E-state index contributed by atoms with van der Waals surface area (Å²) in [6.07, 6.45) is 4.97. The minimum atomic E-state index is 0.114. The van der Waals surface area contributed by atoms with Crippen LogP contribution in [0.15, 0.2) is 23.7 Å². The Morgan fingerprint density at radius 1 is 1.36 bits per heavy atom. The maximum absolute atomic E-state index is 13.1. The van der Waals surface area contributed by atoms with Gasteiger partial charge in [0, 0.05) is 55.8 Å². The monoisotopic (exact) mass is 399 g/mol. The minimum absolute atomic E-state index is 0.114. The highest BCUT2D eigenvalue weighted by Crippen LogP contribution is 2.30. The number of pyridine rings is 1. The largest absolute Gasteiger partial charge is 0.377 e. The van der Waals surface area contributed by atoms with E-state index in [1.54, 1.807) is 11.3 Å². The molecule has 28 heavy (non-hydrogen) atoms. The maximum atomic E-state index is 13.1. The molecule has 2 aromatic heterocycles. The van der Waals surface area contributed by atoms with E-state index in [9.17, 15) is 4.79 Å². The zero-order chi connectivity index (χ0) is 19.5. The van der Waals surface area contributed by atoms with Crippen LogP contribution in [0.25, 0.3) is 0 Å². The second-order valence-corrected chi connectivity index (χ2v) is 8.77. The van der Waals surface area contributed by atoms with Gasteiger partial charge in [-0.25, -0.2) is 0 Å². The van der Waals surface area contributed by atoms with Gasteiger partial charge in [-0.15, -0.1) is 11.3 Å². The molecule has 4 rings (SSSR count). The third-order valence-corrected chi connectivity index (χ3v) is 6.69. The lowest BCUT2D eigenvalue weighted by Crippen LogP contribution is -2.37. The van der Waals surface area contributed by atoms with E-state index in [2.05, 4.69) is 34.3 Å². The van der Waals surface area contributed by atoms with Crippen LogP contribution in [-0.2, 0) is 30.7 Å². The first kappa shape index (κ1) is 19.6. The van der Waals surface area contributed by atoms with Gasteiger partial charge in [-0.05, 0) is 43.4 Å². The number of carbonyl (C=O) groups is 1. The van der Waals surface area contributed by atoms with Gasteiger partial charge in [0.25, 0.3) is 5.91 Å². The van der Waals surface area contributed by atoms with Crippen molar-refractivity contribution in [1.29, 1.82) is 0 Å². The van der Waals surface area contributed by atoms with E-state index in [0.29, 0.717) is 6.54 Å². The number of ether oxygens (including phenoxy) is 1. The van der Waals surface area contributed by atoms with E-state index < -0.39 is 0 Å². The number of amides is 1. The lowest BCUT2D eigenvalue weighted by Gasteiger charge is -2.28. The Labute approximate surface area is 171 Å². The number of hydrogen-bond donors (Lipinski definition) is 0. The summed E-state index contributed by atoms with van der Waals surface area (Å²) in [5.74, 6) is 0.181. The second kappa shape index (κ2) is 8.72. The molecule has 0 N–H and O–H groups in total. The maximum Gasteiger partial charge on any atom is 0.255 e. The van der Waals surface area contributed by atoms with Crippen molar-refractivity contribution in [2.75, 3.05) is 26.2 Å². The SMILES string of the molecule is CCc1ccc(CN2CCc3c(C(=O)N4CCCO[C@H](C)C4)csc3C2)nc1. The van der Waals surface area contributed by atoms with Crippen LogP contribution in [0.5, 0.6) is 0 Å². The number of carbonyl (C=O) groups excluding carboxylic acids is 1. The van der Waals surface area contributed by atoms with Crippen LogP contribution >= 0.6 is 11.3 Å². The van der Waals surface area contributed by atoms with Gasteiger partial charge in [0.05, 0.1) is 17.4 Å². The molecule has 150 valence electrons. The Bertz CT molecular complexity index is 818. The molecule has 1 amide bonds. The van der Waals surface area contributed by atoms with Crippen LogP contribution in [0.3, 0.4) is 0 Å². The second-order valence-electron chi connectivity index (χ2n) is 7.81. The van der Waals surface area contributed by atoms with Crippen molar-refractivity contribution in [2.45, 2.75) is 52.3 Å². The highest BCUT2D eigenvalue weighted by molar-refractivity contribution is 7.10. The van der Waals surface area contributed by atoms with Crippen molar-refractivity contribution in [3.05, 3.63) is 51.0 Å². The predicted octanol–water partition coefficient (Wildman–Crippen LogP) is 3.51. The summed E-state index contributed by atoms with van der Waals surface area (Å²) in [6.45, 7) is 9.17. The van der Waals surface area contributed by atoms with Crippen LogP contribution in [0, 0.1) is 0 Å². The molecule has 0 unspecified atom stereocenters. The number of nitrogens with zero attached hydrogens (tertiary/aromatic N) is 3. The van der Waals surface area contributed by atoms with Crippen molar-refractivity contribution in [3.63, 3.8) is 0 Å². The molecule has 6 heteroatoms. The van der Waals surface area contributed by atoms with E-state index in [4.69, 9.17) is 4.74 Å². The molecule has 0 saturated carbocycles. The van der Waals surface area contributed by atoms with E-state index in [0.717, 1.165) is 63.3 Å². The number of fused-ring (bicyclic) bond motifs is 1. The molecular weight excluding hydrogens is 370 g/mol. The van der Waals surface area contributed by atoms with Crippen molar-refractivity contribution in [3.8, 4) is 0 Å². The van der Waals surface area contributed by atoms with Gasteiger partial charge in [0.2, 0.25) is 0 Å². The Kier molecular flexibility index (Phi) is 6.09. The molecule has 1 atom stereocenters. The summed E-state index contributed by atoms with van der Waals surface area (Å²) in [5.41, 5.74) is 4.57. The Hall–Kier alpha value is -1.76. The van der Waals surface area contributed by atoms with Crippen molar-refractivity contribution in [1.82, 2.24) is 14.8 Å². The van der Waals surface area contributed by atoms with Crippen LogP contribution in [0.2, 0.25) is 0 Å². The number of thiophene rings is 1. The number of rotatable bonds is 4. The normalized spacial score (nSPS) is 20.6.